The fourth-order valence-electron chi connectivity index (χ4n) is 8.69. The normalized spacial score (nSPS) is 11.3. The molecule has 282 valence electrons. The van der Waals surface area contributed by atoms with Gasteiger partial charge in [-0.2, -0.15) is 0 Å². The third-order valence-electron chi connectivity index (χ3n) is 11.7. The minimum atomic E-state index is 0.863. The van der Waals surface area contributed by atoms with Crippen molar-refractivity contribution >= 4 is 49.8 Å². The number of hydrogen-bond donors (Lipinski definition) is 0. The Bertz CT molecular complexity index is 3260. The van der Waals surface area contributed by atoms with E-state index in [9.17, 15) is 0 Å². The van der Waals surface area contributed by atoms with Gasteiger partial charge in [0, 0.05) is 22.1 Å². The Morgan fingerprint density at radius 3 is 1.40 bits per heavy atom. The number of furan rings is 1. The molecule has 11 aromatic rings. The van der Waals surface area contributed by atoms with Crippen LogP contribution in [0.25, 0.3) is 88.3 Å². The summed E-state index contributed by atoms with van der Waals surface area (Å²) >= 11 is 0. The summed E-state index contributed by atoms with van der Waals surface area (Å²) in [7, 11) is 0. The number of fused-ring (bicyclic) bond motifs is 5. The van der Waals surface area contributed by atoms with Crippen molar-refractivity contribution < 1.29 is 4.42 Å². The van der Waals surface area contributed by atoms with Crippen LogP contribution in [0.2, 0.25) is 0 Å². The number of nitrogens with zero attached hydrogens (tertiary/aromatic N) is 1. The monoisotopic (exact) mass is 765 g/mol. The molecule has 0 saturated carbocycles. The molecule has 1 aromatic heterocycles. The average Bonchev–Trinajstić information content (AvgIpc) is 3.73. The fourth-order valence-corrected chi connectivity index (χ4v) is 8.69. The van der Waals surface area contributed by atoms with E-state index in [1.54, 1.807) is 0 Å². The van der Waals surface area contributed by atoms with Crippen LogP contribution in [0.4, 0.5) is 17.1 Å². The van der Waals surface area contributed by atoms with E-state index >= 15 is 0 Å². The first kappa shape index (κ1) is 35.2. The van der Waals surface area contributed by atoms with Crippen LogP contribution in [0.5, 0.6) is 0 Å². The lowest BCUT2D eigenvalue weighted by molar-refractivity contribution is 0.672. The first-order chi connectivity index (χ1) is 29.7. The van der Waals surface area contributed by atoms with Crippen LogP contribution >= 0.6 is 0 Å². The molecule has 0 aliphatic carbocycles. The molecule has 1 heterocycles. The fraction of sp³-hybridized carbons (Fsp3) is 0. The topological polar surface area (TPSA) is 16.4 Å². The summed E-state index contributed by atoms with van der Waals surface area (Å²) in [5.74, 6) is 0. The SMILES string of the molecule is c1ccc(-c2ccc(-c3ccc(N(c4ccc(-c5ccc(-c6ccccc6)c(-c6ccccc6)c5)cc4)c4cccc5oc6c7ccccc7ccc6c45)cc3)cc2)cc1. The van der Waals surface area contributed by atoms with E-state index in [0.29, 0.717) is 0 Å². The van der Waals surface area contributed by atoms with Crippen LogP contribution in [0.3, 0.4) is 0 Å². The molecule has 0 fully saturated rings. The molecule has 2 nitrogen and oxygen atoms in total. The molecule has 0 spiro atoms. The van der Waals surface area contributed by atoms with Crippen LogP contribution < -0.4 is 4.90 Å². The van der Waals surface area contributed by atoms with Gasteiger partial charge < -0.3 is 9.32 Å². The van der Waals surface area contributed by atoms with Crippen molar-refractivity contribution in [1.29, 1.82) is 0 Å². The second-order valence-electron chi connectivity index (χ2n) is 15.3. The zero-order valence-corrected chi connectivity index (χ0v) is 32.9. The Morgan fingerprint density at radius 1 is 0.300 bits per heavy atom. The van der Waals surface area contributed by atoms with Crippen LogP contribution in [-0.2, 0) is 0 Å². The molecular weight excluding hydrogens is 727 g/mol. The molecule has 0 saturated heterocycles. The van der Waals surface area contributed by atoms with Crippen LogP contribution in [-0.4, -0.2) is 0 Å². The van der Waals surface area contributed by atoms with E-state index in [-0.39, 0.29) is 0 Å². The lowest BCUT2D eigenvalue weighted by Crippen LogP contribution is -2.10. The van der Waals surface area contributed by atoms with Gasteiger partial charge in [-0.25, -0.2) is 0 Å². The third kappa shape index (κ3) is 6.41. The van der Waals surface area contributed by atoms with E-state index < -0.39 is 0 Å². The smallest absolute Gasteiger partial charge is 0.143 e. The summed E-state index contributed by atoms with van der Waals surface area (Å²) in [5, 5.41) is 4.47. The number of rotatable bonds is 8. The molecule has 2 heteroatoms. The lowest BCUT2D eigenvalue weighted by Gasteiger charge is -2.26. The Kier molecular flexibility index (Phi) is 8.87. The van der Waals surface area contributed by atoms with E-state index in [4.69, 9.17) is 4.42 Å². The predicted molar refractivity (Wildman–Crippen MR) is 253 cm³/mol. The lowest BCUT2D eigenvalue weighted by atomic mass is 9.91. The molecule has 0 radical (unpaired) electrons. The standard InChI is InChI=1S/C58H39NO/c1-4-13-40(14-5-1)41-23-25-42(26-24-41)43-27-33-49(34-28-43)59(55-21-12-22-56-57(55)53-38-31-47-19-10-11-20-52(47)58(53)60-56)50-35-29-44(30-36-50)48-32-37-51(45-15-6-2-7-16-45)54(39-48)46-17-8-3-9-18-46/h1-39H. The molecule has 0 bridgehead atoms. The van der Waals surface area contributed by atoms with Gasteiger partial charge in [-0.1, -0.05) is 188 Å². The van der Waals surface area contributed by atoms with E-state index in [1.807, 2.05) is 0 Å². The van der Waals surface area contributed by atoms with Crippen molar-refractivity contribution in [2.75, 3.05) is 4.90 Å². The van der Waals surface area contributed by atoms with Crippen LogP contribution in [0.1, 0.15) is 0 Å². The first-order valence-corrected chi connectivity index (χ1v) is 20.5. The zero-order chi connectivity index (χ0) is 39.8. The highest BCUT2D eigenvalue weighted by atomic mass is 16.3. The highest BCUT2D eigenvalue weighted by Gasteiger charge is 2.21. The van der Waals surface area contributed by atoms with Crippen LogP contribution in [0, 0.1) is 0 Å². The summed E-state index contributed by atoms with van der Waals surface area (Å²) in [4.78, 5) is 2.37. The highest BCUT2D eigenvalue weighted by Crippen LogP contribution is 2.45. The van der Waals surface area contributed by atoms with Gasteiger partial charge in [0.2, 0.25) is 0 Å². The summed E-state index contributed by atoms with van der Waals surface area (Å²) in [6.07, 6.45) is 0. The molecule has 0 aliphatic rings. The maximum atomic E-state index is 6.69. The summed E-state index contributed by atoms with van der Waals surface area (Å²) in [6.45, 7) is 0. The van der Waals surface area contributed by atoms with Crippen molar-refractivity contribution in [2.24, 2.45) is 0 Å². The maximum absolute atomic E-state index is 6.69. The summed E-state index contributed by atoms with van der Waals surface area (Å²) in [5.41, 5.74) is 16.9. The van der Waals surface area contributed by atoms with Gasteiger partial charge in [0.25, 0.3) is 0 Å². The van der Waals surface area contributed by atoms with Crippen molar-refractivity contribution in [1.82, 2.24) is 0 Å². The maximum Gasteiger partial charge on any atom is 0.143 e. The summed E-state index contributed by atoms with van der Waals surface area (Å²) in [6, 6.07) is 84.7. The molecule has 10 aromatic carbocycles. The summed E-state index contributed by atoms with van der Waals surface area (Å²) < 4.78 is 6.69. The largest absolute Gasteiger partial charge is 0.455 e. The second-order valence-corrected chi connectivity index (χ2v) is 15.3. The van der Waals surface area contributed by atoms with Crippen molar-refractivity contribution in [2.45, 2.75) is 0 Å². The van der Waals surface area contributed by atoms with Gasteiger partial charge in [0.05, 0.1) is 11.1 Å². The molecule has 0 unspecified atom stereocenters. The minimum Gasteiger partial charge on any atom is -0.455 e. The van der Waals surface area contributed by atoms with Crippen molar-refractivity contribution in [3.8, 4) is 55.6 Å². The highest BCUT2D eigenvalue weighted by molar-refractivity contribution is 6.19. The van der Waals surface area contributed by atoms with E-state index in [0.717, 1.165) is 55.3 Å². The van der Waals surface area contributed by atoms with Gasteiger partial charge in [0.15, 0.2) is 0 Å². The van der Waals surface area contributed by atoms with Gasteiger partial charge in [0.1, 0.15) is 11.2 Å². The average molecular weight is 766 g/mol. The number of anilines is 3. The Labute approximate surface area is 349 Å². The van der Waals surface area contributed by atoms with Crippen LogP contribution in [0.15, 0.2) is 241 Å². The van der Waals surface area contributed by atoms with Crippen molar-refractivity contribution in [3.63, 3.8) is 0 Å². The number of hydrogen-bond acceptors (Lipinski definition) is 2. The zero-order valence-electron chi connectivity index (χ0n) is 32.9. The van der Waals surface area contributed by atoms with Gasteiger partial charge in [-0.3, -0.25) is 0 Å². The van der Waals surface area contributed by atoms with Crippen molar-refractivity contribution in [3.05, 3.63) is 237 Å². The first-order valence-electron chi connectivity index (χ1n) is 20.5. The van der Waals surface area contributed by atoms with E-state index in [2.05, 4.69) is 241 Å². The van der Waals surface area contributed by atoms with Gasteiger partial charge in [-0.15, -0.1) is 0 Å². The van der Waals surface area contributed by atoms with E-state index in [1.165, 1.54) is 50.1 Å². The predicted octanol–water partition coefficient (Wildman–Crippen LogP) is 16.5. The molecule has 0 atom stereocenters. The molecule has 0 N–H and O–H groups in total. The third-order valence-corrected chi connectivity index (χ3v) is 11.7. The minimum absolute atomic E-state index is 0.863. The molecule has 0 amide bonds. The van der Waals surface area contributed by atoms with Gasteiger partial charge in [-0.05, 0) is 110 Å². The number of benzene rings is 10. The Hall–Kier alpha value is -7.94. The Morgan fingerprint density at radius 2 is 0.783 bits per heavy atom. The molecular formula is C58H39NO. The second kappa shape index (κ2) is 15.1. The quantitative estimate of drug-likeness (QED) is 0.153. The molecule has 0 aliphatic heterocycles. The Balaban J connectivity index is 1.02. The molecule has 60 heavy (non-hydrogen) atoms. The van der Waals surface area contributed by atoms with Gasteiger partial charge >= 0.3 is 0 Å². The molecule has 11 rings (SSSR count).